The molecule has 0 aliphatic rings. The largest absolute Gasteiger partial charge is 0.464 e. The van der Waals surface area contributed by atoms with Gasteiger partial charge in [0.1, 0.15) is 10.8 Å². The molecular weight excluding hydrogens is 411 g/mol. The summed E-state index contributed by atoms with van der Waals surface area (Å²) in [6.07, 6.45) is 0. The summed E-state index contributed by atoms with van der Waals surface area (Å²) >= 11 is 8.15. The number of aromatic nitrogens is 1. The first-order valence-electron chi connectivity index (χ1n) is 5.77. The second-order valence-electron chi connectivity index (χ2n) is 4.25. The molecule has 21 heavy (non-hydrogen) atoms. The van der Waals surface area contributed by atoms with Gasteiger partial charge in [-0.1, -0.05) is 11.6 Å². The minimum Gasteiger partial charge on any atom is -0.464 e. The minimum absolute atomic E-state index is 0.00566. The zero-order chi connectivity index (χ0) is 15.7. The number of aromatic amines is 1. The van der Waals surface area contributed by atoms with Crippen LogP contribution in [0, 0.1) is 20.6 Å². The number of benzene rings is 1. The van der Waals surface area contributed by atoms with E-state index in [-0.39, 0.29) is 16.5 Å². The standard InChI is InChI=1S/C13H10ClIN2O4/c1-6-5-7(17(19)20)3-4-8(6)9-10(15)11(13(18)21-2)16-12(9)14/h3-5,16H,1-2H3. The van der Waals surface area contributed by atoms with Gasteiger partial charge in [0.2, 0.25) is 0 Å². The third-order valence-electron chi connectivity index (χ3n) is 2.97. The fourth-order valence-corrected chi connectivity index (χ4v) is 3.34. The van der Waals surface area contributed by atoms with Crippen LogP contribution in [-0.2, 0) is 4.74 Å². The molecule has 2 rings (SSSR count). The van der Waals surface area contributed by atoms with E-state index in [4.69, 9.17) is 11.6 Å². The molecule has 1 aromatic carbocycles. The number of rotatable bonds is 3. The molecule has 0 amide bonds. The Labute approximate surface area is 138 Å². The number of esters is 1. The second-order valence-corrected chi connectivity index (χ2v) is 5.71. The highest BCUT2D eigenvalue weighted by Crippen LogP contribution is 2.37. The lowest BCUT2D eigenvalue weighted by Crippen LogP contribution is -2.03. The summed E-state index contributed by atoms with van der Waals surface area (Å²) in [5.41, 5.74) is 2.31. The Bertz CT molecular complexity index is 742. The van der Waals surface area contributed by atoms with Crippen LogP contribution in [0.15, 0.2) is 18.2 Å². The van der Waals surface area contributed by atoms with Crippen LogP contribution in [0.2, 0.25) is 5.15 Å². The van der Waals surface area contributed by atoms with Crippen molar-refractivity contribution < 1.29 is 14.5 Å². The fourth-order valence-electron chi connectivity index (χ4n) is 1.97. The molecule has 6 nitrogen and oxygen atoms in total. The van der Waals surface area contributed by atoms with Gasteiger partial charge in [0.05, 0.1) is 15.6 Å². The van der Waals surface area contributed by atoms with E-state index in [1.807, 2.05) is 22.6 Å². The molecule has 0 atom stereocenters. The summed E-state index contributed by atoms with van der Waals surface area (Å²) in [4.78, 5) is 24.7. The SMILES string of the molecule is COC(=O)c1[nH]c(Cl)c(-c2ccc([N+](=O)[O-])cc2C)c1I. The molecular formula is C13H10ClIN2O4. The van der Waals surface area contributed by atoms with Crippen LogP contribution in [0.25, 0.3) is 11.1 Å². The summed E-state index contributed by atoms with van der Waals surface area (Å²) in [5.74, 6) is -0.521. The highest BCUT2D eigenvalue weighted by atomic mass is 127. The molecule has 8 heteroatoms. The van der Waals surface area contributed by atoms with Gasteiger partial charge in [0, 0.05) is 17.7 Å². The number of nitrogens with zero attached hydrogens (tertiary/aromatic N) is 1. The molecule has 110 valence electrons. The number of carbonyl (C=O) groups is 1. The van der Waals surface area contributed by atoms with Crippen LogP contribution in [0.4, 0.5) is 5.69 Å². The lowest BCUT2D eigenvalue weighted by atomic mass is 10.0. The maximum absolute atomic E-state index is 11.7. The Morgan fingerprint density at radius 1 is 1.48 bits per heavy atom. The van der Waals surface area contributed by atoms with Gasteiger partial charge in [-0.2, -0.15) is 0 Å². The van der Waals surface area contributed by atoms with Crippen LogP contribution >= 0.6 is 34.2 Å². The quantitative estimate of drug-likeness (QED) is 0.353. The molecule has 0 radical (unpaired) electrons. The minimum atomic E-state index is -0.521. The lowest BCUT2D eigenvalue weighted by Gasteiger charge is -2.05. The number of ether oxygens (including phenoxy) is 1. The predicted molar refractivity (Wildman–Crippen MR) is 86.7 cm³/mol. The summed E-state index contributed by atoms with van der Waals surface area (Å²) in [7, 11) is 1.28. The zero-order valence-electron chi connectivity index (χ0n) is 11.1. The molecule has 1 aromatic heterocycles. The number of halogens is 2. The van der Waals surface area contributed by atoms with Gasteiger partial charge >= 0.3 is 5.97 Å². The van der Waals surface area contributed by atoms with Crippen molar-refractivity contribution >= 4 is 45.8 Å². The Morgan fingerprint density at radius 2 is 2.14 bits per heavy atom. The Kier molecular flexibility index (Phi) is 4.52. The lowest BCUT2D eigenvalue weighted by molar-refractivity contribution is -0.384. The third kappa shape index (κ3) is 2.88. The number of methoxy groups -OCH3 is 1. The summed E-state index contributed by atoms with van der Waals surface area (Å²) in [6, 6.07) is 4.48. The van der Waals surface area contributed by atoms with Gasteiger partial charge in [-0.15, -0.1) is 0 Å². The topological polar surface area (TPSA) is 85.2 Å². The molecule has 0 unspecified atom stereocenters. The van der Waals surface area contributed by atoms with E-state index < -0.39 is 10.9 Å². The fraction of sp³-hybridized carbons (Fsp3) is 0.154. The molecule has 0 aliphatic carbocycles. The van der Waals surface area contributed by atoms with Crippen molar-refractivity contribution in [3.8, 4) is 11.1 Å². The van der Waals surface area contributed by atoms with Crippen LogP contribution in [-0.4, -0.2) is 23.0 Å². The van der Waals surface area contributed by atoms with Crippen LogP contribution in [0.5, 0.6) is 0 Å². The average molecular weight is 421 g/mol. The van der Waals surface area contributed by atoms with Gasteiger partial charge < -0.3 is 9.72 Å². The van der Waals surface area contributed by atoms with E-state index in [1.165, 1.54) is 19.2 Å². The Hall–Kier alpha value is -1.61. The Morgan fingerprint density at radius 3 is 2.67 bits per heavy atom. The van der Waals surface area contributed by atoms with E-state index in [9.17, 15) is 14.9 Å². The number of hydrogen-bond acceptors (Lipinski definition) is 4. The summed E-state index contributed by atoms with van der Waals surface area (Å²) in [6.45, 7) is 1.75. The van der Waals surface area contributed by atoms with Gasteiger partial charge in [-0.3, -0.25) is 10.1 Å². The number of hydrogen-bond donors (Lipinski definition) is 1. The average Bonchev–Trinajstić information content (AvgIpc) is 2.73. The first-order chi connectivity index (χ1) is 9.86. The normalized spacial score (nSPS) is 10.5. The first-order valence-corrected chi connectivity index (χ1v) is 7.23. The van der Waals surface area contributed by atoms with Gasteiger partial charge in [-0.25, -0.2) is 4.79 Å². The van der Waals surface area contributed by atoms with E-state index in [0.717, 1.165) is 5.56 Å². The van der Waals surface area contributed by atoms with Gasteiger partial charge in [0.25, 0.3) is 5.69 Å². The molecule has 0 spiro atoms. The molecule has 0 bridgehead atoms. The van der Waals surface area contributed by atoms with Crippen molar-refractivity contribution in [3.05, 3.63) is 48.3 Å². The van der Waals surface area contributed by atoms with Crippen LogP contribution in [0.1, 0.15) is 16.1 Å². The highest BCUT2D eigenvalue weighted by Gasteiger charge is 2.23. The van der Waals surface area contributed by atoms with Crippen molar-refractivity contribution in [1.82, 2.24) is 4.98 Å². The monoisotopic (exact) mass is 420 g/mol. The smallest absolute Gasteiger partial charge is 0.355 e. The molecule has 1 N–H and O–H groups in total. The van der Waals surface area contributed by atoms with Crippen LogP contribution in [0.3, 0.4) is 0 Å². The predicted octanol–water partition coefficient (Wildman–Crippen LogP) is 3.94. The number of nitrogens with one attached hydrogen (secondary N) is 1. The molecule has 0 saturated carbocycles. The second kappa shape index (κ2) is 6.02. The van der Waals surface area contributed by atoms with E-state index in [1.54, 1.807) is 13.0 Å². The third-order valence-corrected chi connectivity index (χ3v) is 4.34. The first kappa shape index (κ1) is 15.8. The number of nitro benzene ring substituents is 1. The number of aryl methyl sites for hydroxylation is 1. The highest BCUT2D eigenvalue weighted by molar-refractivity contribution is 14.1. The van der Waals surface area contributed by atoms with Crippen molar-refractivity contribution in [2.45, 2.75) is 6.92 Å². The van der Waals surface area contributed by atoms with Crippen molar-refractivity contribution in [1.29, 1.82) is 0 Å². The van der Waals surface area contributed by atoms with Crippen molar-refractivity contribution in [3.63, 3.8) is 0 Å². The molecule has 0 fully saturated rings. The number of non-ortho nitro benzene ring substituents is 1. The van der Waals surface area contributed by atoms with Gasteiger partial charge in [-0.05, 0) is 46.7 Å². The number of nitro groups is 1. The molecule has 0 saturated heterocycles. The summed E-state index contributed by atoms with van der Waals surface area (Å²) in [5, 5.41) is 11.1. The zero-order valence-corrected chi connectivity index (χ0v) is 14.0. The van der Waals surface area contributed by atoms with E-state index >= 15 is 0 Å². The molecule has 2 aromatic rings. The van der Waals surface area contributed by atoms with Gasteiger partial charge in [0.15, 0.2) is 0 Å². The van der Waals surface area contributed by atoms with Crippen molar-refractivity contribution in [2.75, 3.05) is 7.11 Å². The number of H-pyrrole nitrogens is 1. The molecule has 0 aliphatic heterocycles. The maximum atomic E-state index is 11.7. The Balaban J connectivity index is 2.60. The maximum Gasteiger partial charge on any atom is 0.355 e. The van der Waals surface area contributed by atoms with Crippen LogP contribution < -0.4 is 0 Å². The van der Waals surface area contributed by atoms with Crippen molar-refractivity contribution in [2.24, 2.45) is 0 Å². The summed E-state index contributed by atoms with van der Waals surface area (Å²) < 4.78 is 5.29. The number of carbonyl (C=O) groups excluding carboxylic acids is 1. The van der Waals surface area contributed by atoms with E-state index in [0.29, 0.717) is 14.7 Å². The molecule has 1 heterocycles. The van der Waals surface area contributed by atoms with E-state index in [2.05, 4.69) is 9.72 Å².